The maximum absolute atomic E-state index is 12.6. The molecule has 0 spiro atoms. The van der Waals surface area contributed by atoms with Crippen molar-refractivity contribution < 1.29 is 52.5 Å². The number of hydrogen-bond acceptors (Lipinski definition) is 9. The number of aliphatic hydroxyl groups is 2. The number of aliphatic hydroxyl groups excluding tert-OH is 2. The summed E-state index contributed by atoms with van der Waals surface area (Å²) in [5.41, 5.74) is 7.35. The van der Waals surface area contributed by atoms with E-state index in [0.29, 0.717) is 26.1 Å². The Kier molecular flexibility index (Phi) is 14.7. The van der Waals surface area contributed by atoms with Crippen LogP contribution in [0.4, 0.5) is 0 Å². The summed E-state index contributed by atoms with van der Waals surface area (Å²) in [4.78, 5) is 25.0. The largest absolute Gasteiger partial charge is 0.497 e. The first kappa shape index (κ1) is 40.9. The summed E-state index contributed by atoms with van der Waals surface area (Å²) in [6.07, 6.45) is 5.22. The quantitative estimate of drug-likeness (QED) is 0.0823. The molecule has 0 radical (unpaired) electrons. The van der Waals surface area contributed by atoms with Crippen LogP contribution in [0.1, 0.15) is 57.8 Å². The number of carbonyl (C=O) groups excluding carboxylic acids is 2. The van der Waals surface area contributed by atoms with Gasteiger partial charge >= 0.3 is 11.9 Å². The lowest BCUT2D eigenvalue weighted by atomic mass is 9.84. The van der Waals surface area contributed by atoms with Crippen LogP contribution in [0.3, 0.4) is 0 Å². The molecule has 11 heteroatoms. The summed E-state index contributed by atoms with van der Waals surface area (Å²) < 4.78 is 29.1. The minimum atomic E-state index is -0.580. The molecule has 0 amide bonds. The first-order valence-electron chi connectivity index (χ1n) is 19.0. The van der Waals surface area contributed by atoms with Crippen LogP contribution in [0.25, 0.3) is 0 Å². The Labute approximate surface area is 319 Å². The van der Waals surface area contributed by atoms with E-state index in [-0.39, 0.29) is 32.5 Å². The molecule has 11 nitrogen and oxygen atoms in total. The van der Waals surface area contributed by atoms with E-state index < -0.39 is 11.9 Å². The number of nitrogens with zero attached hydrogens (tertiary/aromatic N) is 2. The fraction of sp³-hybridized carbons (Fsp3) is 0.488. The van der Waals surface area contributed by atoms with Gasteiger partial charge in [-0.25, -0.2) is 9.59 Å². The molecule has 3 aromatic rings. The highest BCUT2D eigenvalue weighted by atomic mass is 16.5. The molecule has 2 atom stereocenters. The van der Waals surface area contributed by atoms with Gasteiger partial charge < -0.3 is 42.9 Å². The molecule has 0 aliphatic carbocycles. The summed E-state index contributed by atoms with van der Waals surface area (Å²) >= 11 is 0. The van der Waals surface area contributed by atoms with Crippen LogP contribution in [0.15, 0.2) is 66.7 Å². The number of morpholine rings is 1. The molecule has 2 heterocycles. The standard InChI is InChI=1S/C43H58N2O9/c1-32-7-8-34(26-41(32)51-4)29-45(19-23-52-24-20-45)17-6-22-54-43(49)14-13-42(48)53-21-5-16-44(2)18-15-35-27-36(30-46)37(31-47)28-39(35)40(44)25-33-9-11-38(50-3)12-10-33/h7-14,26-28,40,46-47H,5-6,15-25,29-31H2,1-4H3/q+2/b14-13-/t40-,44-/m1/s1. The fourth-order valence-corrected chi connectivity index (χ4v) is 7.98. The molecule has 0 bridgehead atoms. The molecule has 292 valence electrons. The van der Waals surface area contributed by atoms with Crippen molar-refractivity contribution in [2.24, 2.45) is 0 Å². The summed E-state index contributed by atoms with van der Waals surface area (Å²) in [5.74, 6) is 0.534. The van der Waals surface area contributed by atoms with Crippen molar-refractivity contribution in [2.75, 3.05) is 80.4 Å². The molecule has 5 rings (SSSR count). The average Bonchev–Trinajstić information content (AvgIpc) is 3.19. The smallest absolute Gasteiger partial charge is 0.331 e. The third-order valence-corrected chi connectivity index (χ3v) is 11.2. The SMILES string of the molecule is COc1ccc(C[C@@H]2c3cc(CO)c(CO)cc3CC[N@@+]2(C)CCCOC(=O)/C=C\C(=O)OCCC[N+]2(Cc3ccc(C)c(OC)c3)CCOCC2)cc1. The molecular weight excluding hydrogens is 688 g/mol. The number of rotatable bonds is 18. The van der Waals surface area contributed by atoms with Crippen LogP contribution in [-0.2, 0) is 56.4 Å². The fourth-order valence-electron chi connectivity index (χ4n) is 7.98. The van der Waals surface area contributed by atoms with Gasteiger partial charge in [0, 0.05) is 49.0 Å². The number of likely N-dealkylation sites (N-methyl/N-ethyl adjacent to an activating group) is 1. The van der Waals surface area contributed by atoms with Gasteiger partial charge in [-0.1, -0.05) is 30.3 Å². The lowest BCUT2D eigenvalue weighted by Crippen LogP contribution is -2.55. The number of quaternary nitrogens is 2. The predicted octanol–water partition coefficient (Wildman–Crippen LogP) is 4.75. The van der Waals surface area contributed by atoms with Crippen LogP contribution >= 0.6 is 0 Å². The van der Waals surface area contributed by atoms with Crippen LogP contribution in [0, 0.1) is 6.92 Å². The van der Waals surface area contributed by atoms with Crippen molar-refractivity contribution in [3.8, 4) is 11.5 Å². The van der Waals surface area contributed by atoms with Gasteiger partial charge in [-0.05, 0) is 59.0 Å². The molecule has 2 N–H and O–H groups in total. The van der Waals surface area contributed by atoms with E-state index in [2.05, 4.69) is 43.4 Å². The highest BCUT2D eigenvalue weighted by molar-refractivity contribution is 5.91. The van der Waals surface area contributed by atoms with Crippen molar-refractivity contribution in [3.63, 3.8) is 0 Å². The van der Waals surface area contributed by atoms with Gasteiger partial charge in [-0.2, -0.15) is 0 Å². The first-order chi connectivity index (χ1) is 26.1. The van der Waals surface area contributed by atoms with Crippen LogP contribution < -0.4 is 9.47 Å². The van der Waals surface area contributed by atoms with Crippen LogP contribution in [0.5, 0.6) is 11.5 Å². The van der Waals surface area contributed by atoms with Crippen LogP contribution in [-0.4, -0.2) is 112 Å². The third-order valence-electron chi connectivity index (χ3n) is 11.2. The minimum absolute atomic E-state index is 0.0943. The van der Waals surface area contributed by atoms with E-state index in [9.17, 15) is 19.8 Å². The Bertz CT molecular complexity index is 1740. The first-order valence-corrected chi connectivity index (χ1v) is 19.0. The van der Waals surface area contributed by atoms with Gasteiger partial charge in [0.1, 0.15) is 37.2 Å². The number of carbonyl (C=O) groups is 2. The van der Waals surface area contributed by atoms with E-state index in [0.717, 1.165) is 101 Å². The highest BCUT2D eigenvalue weighted by Crippen LogP contribution is 2.39. The molecule has 3 aromatic carbocycles. The average molecular weight is 747 g/mol. The Morgan fingerprint density at radius 1 is 0.815 bits per heavy atom. The second-order valence-corrected chi connectivity index (χ2v) is 14.8. The number of ether oxygens (including phenoxy) is 5. The number of hydrogen-bond donors (Lipinski definition) is 2. The van der Waals surface area contributed by atoms with Crippen molar-refractivity contribution >= 4 is 11.9 Å². The summed E-state index contributed by atoms with van der Waals surface area (Å²) in [6.45, 7) is 8.77. The summed E-state index contributed by atoms with van der Waals surface area (Å²) in [6, 6.07) is 18.6. The van der Waals surface area contributed by atoms with E-state index in [1.165, 1.54) is 22.3 Å². The molecule has 54 heavy (non-hydrogen) atoms. The van der Waals surface area contributed by atoms with Crippen LogP contribution in [0.2, 0.25) is 0 Å². The molecule has 0 unspecified atom stereocenters. The molecule has 1 saturated heterocycles. The lowest BCUT2D eigenvalue weighted by molar-refractivity contribution is -0.947. The second kappa shape index (κ2) is 19.4. The molecule has 0 aromatic heterocycles. The lowest BCUT2D eigenvalue weighted by Gasteiger charge is -2.46. The van der Waals surface area contributed by atoms with Crippen molar-refractivity contribution in [1.29, 1.82) is 0 Å². The Balaban J connectivity index is 1.10. The zero-order chi connectivity index (χ0) is 38.6. The maximum atomic E-state index is 12.6. The second-order valence-electron chi connectivity index (χ2n) is 14.8. The molecule has 2 aliphatic rings. The van der Waals surface area contributed by atoms with Gasteiger partial charge in [-0.15, -0.1) is 0 Å². The molecular formula is C43H58N2O9+2. The molecule has 1 fully saturated rings. The zero-order valence-electron chi connectivity index (χ0n) is 32.4. The van der Waals surface area contributed by atoms with Gasteiger partial charge in [0.05, 0.1) is 80.5 Å². The Morgan fingerprint density at radius 2 is 1.44 bits per heavy atom. The summed E-state index contributed by atoms with van der Waals surface area (Å²) in [5, 5.41) is 20.0. The number of aryl methyl sites for hydroxylation is 1. The van der Waals surface area contributed by atoms with Crippen molar-refractivity contribution in [3.05, 3.63) is 106 Å². The van der Waals surface area contributed by atoms with Gasteiger partial charge in [0.15, 0.2) is 0 Å². The highest BCUT2D eigenvalue weighted by Gasteiger charge is 2.39. The minimum Gasteiger partial charge on any atom is -0.497 e. The number of esters is 2. The number of fused-ring (bicyclic) bond motifs is 1. The predicted molar refractivity (Wildman–Crippen MR) is 205 cm³/mol. The molecule has 0 saturated carbocycles. The summed E-state index contributed by atoms with van der Waals surface area (Å²) in [7, 11) is 5.58. The van der Waals surface area contributed by atoms with E-state index in [4.69, 9.17) is 23.7 Å². The van der Waals surface area contributed by atoms with E-state index in [1.807, 2.05) is 25.1 Å². The topological polar surface area (TPSA) is 121 Å². The van der Waals surface area contributed by atoms with Crippen molar-refractivity contribution in [2.45, 2.75) is 58.4 Å². The zero-order valence-corrected chi connectivity index (χ0v) is 32.4. The van der Waals surface area contributed by atoms with Crippen molar-refractivity contribution in [1.82, 2.24) is 0 Å². The Hall–Kier alpha value is -4.26. The van der Waals surface area contributed by atoms with Gasteiger partial charge in [0.25, 0.3) is 0 Å². The van der Waals surface area contributed by atoms with E-state index in [1.54, 1.807) is 14.2 Å². The monoisotopic (exact) mass is 746 g/mol. The number of benzene rings is 3. The third kappa shape index (κ3) is 10.7. The molecule has 2 aliphatic heterocycles. The van der Waals surface area contributed by atoms with Gasteiger partial charge in [-0.3, -0.25) is 0 Å². The number of methoxy groups -OCH3 is 2. The van der Waals surface area contributed by atoms with Gasteiger partial charge in [0.2, 0.25) is 0 Å². The Morgan fingerprint density at radius 3 is 2.07 bits per heavy atom. The normalized spacial score (nSPS) is 19.3. The van der Waals surface area contributed by atoms with E-state index >= 15 is 0 Å². The maximum Gasteiger partial charge on any atom is 0.331 e.